The Morgan fingerprint density at radius 2 is 2.32 bits per heavy atom. The summed E-state index contributed by atoms with van der Waals surface area (Å²) in [4.78, 5) is 23.1. The number of para-hydroxylation sites is 1. The van der Waals surface area contributed by atoms with Crippen molar-refractivity contribution in [1.29, 1.82) is 0 Å². The maximum atomic E-state index is 12.1. The Morgan fingerprint density at radius 3 is 3.00 bits per heavy atom. The van der Waals surface area contributed by atoms with Crippen LogP contribution in [0, 0.1) is 0 Å². The quantitative estimate of drug-likeness (QED) is 0.794. The number of carbonyl (C=O) groups excluding carboxylic acids is 2. The van der Waals surface area contributed by atoms with Crippen molar-refractivity contribution in [2.24, 2.45) is 0 Å². The third kappa shape index (κ3) is 2.57. The van der Waals surface area contributed by atoms with Gasteiger partial charge in [-0.05, 0) is 19.1 Å². The molecule has 1 aromatic heterocycles. The van der Waals surface area contributed by atoms with Gasteiger partial charge in [-0.15, -0.1) is 0 Å². The Morgan fingerprint density at radius 1 is 1.50 bits per heavy atom. The highest BCUT2D eigenvalue weighted by Crippen LogP contribution is 2.30. The maximum Gasteiger partial charge on any atom is 0.315 e. The predicted molar refractivity (Wildman–Crippen MR) is 79.6 cm³/mol. The zero-order valence-electron chi connectivity index (χ0n) is 12.3. The van der Waals surface area contributed by atoms with E-state index in [2.05, 4.69) is 16.0 Å². The van der Waals surface area contributed by atoms with E-state index in [-0.39, 0.29) is 24.5 Å². The number of ether oxygens (including phenoxy) is 1. The number of hydrogen-bond acceptors (Lipinski definition) is 4. The van der Waals surface area contributed by atoms with Crippen LogP contribution in [0.2, 0.25) is 0 Å². The van der Waals surface area contributed by atoms with Gasteiger partial charge in [-0.3, -0.25) is 4.79 Å². The molecular formula is C15H17N3O4. The molecule has 3 N–H and O–H groups in total. The Bertz CT molecular complexity index is 725. The van der Waals surface area contributed by atoms with Crippen LogP contribution in [0.4, 0.5) is 4.79 Å². The third-order valence-electron chi connectivity index (χ3n) is 3.62. The summed E-state index contributed by atoms with van der Waals surface area (Å²) in [5, 5.41) is 8.83. The van der Waals surface area contributed by atoms with Crippen molar-refractivity contribution in [2.75, 3.05) is 13.7 Å². The average molecular weight is 303 g/mol. The second kappa shape index (κ2) is 5.59. The molecule has 0 radical (unpaired) electrons. The van der Waals surface area contributed by atoms with Crippen LogP contribution in [0.3, 0.4) is 0 Å². The molecule has 116 valence electrons. The van der Waals surface area contributed by atoms with Crippen LogP contribution < -0.4 is 20.7 Å². The third-order valence-corrected chi connectivity index (χ3v) is 3.62. The number of hydrogen-bond donors (Lipinski definition) is 3. The fourth-order valence-corrected chi connectivity index (χ4v) is 2.43. The number of amides is 3. The van der Waals surface area contributed by atoms with Crippen LogP contribution in [0.25, 0.3) is 11.0 Å². The fourth-order valence-electron chi connectivity index (χ4n) is 2.43. The van der Waals surface area contributed by atoms with Gasteiger partial charge in [-0.1, -0.05) is 12.1 Å². The van der Waals surface area contributed by atoms with Crippen LogP contribution in [0.5, 0.6) is 5.75 Å². The van der Waals surface area contributed by atoms with Crippen LogP contribution in [0.15, 0.2) is 28.7 Å². The van der Waals surface area contributed by atoms with E-state index in [1.807, 2.05) is 31.2 Å². The van der Waals surface area contributed by atoms with E-state index in [0.717, 1.165) is 5.39 Å². The molecule has 0 bridgehead atoms. The highest BCUT2D eigenvalue weighted by atomic mass is 16.5. The van der Waals surface area contributed by atoms with Crippen molar-refractivity contribution < 1.29 is 18.7 Å². The second-order valence-electron chi connectivity index (χ2n) is 5.16. The molecule has 1 aliphatic heterocycles. The van der Waals surface area contributed by atoms with Gasteiger partial charge in [0.2, 0.25) is 5.91 Å². The highest BCUT2D eigenvalue weighted by Gasteiger charge is 2.28. The summed E-state index contributed by atoms with van der Waals surface area (Å²) in [6.07, 6.45) is 0. The first-order chi connectivity index (χ1) is 10.6. The summed E-state index contributed by atoms with van der Waals surface area (Å²) < 4.78 is 11.1. The molecule has 0 spiro atoms. The Hall–Kier alpha value is -2.70. The zero-order valence-corrected chi connectivity index (χ0v) is 12.3. The highest BCUT2D eigenvalue weighted by molar-refractivity contribution is 5.90. The van der Waals surface area contributed by atoms with E-state index < -0.39 is 6.04 Å². The molecule has 0 unspecified atom stereocenters. The first-order valence-electron chi connectivity index (χ1n) is 6.99. The molecule has 2 atom stereocenters. The van der Waals surface area contributed by atoms with Gasteiger partial charge < -0.3 is 25.1 Å². The molecule has 2 heterocycles. The van der Waals surface area contributed by atoms with Crippen molar-refractivity contribution in [2.45, 2.75) is 19.0 Å². The minimum Gasteiger partial charge on any atom is -0.493 e. The number of carbonyl (C=O) groups is 2. The van der Waals surface area contributed by atoms with E-state index in [4.69, 9.17) is 9.15 Å². The van der Waals surface area contributed by atoms with Gasteiger partial charge in [0.25, 0.3) is 0 Å². The van der Waals surface area contributed by atoms with Crippen LogP contribution in [0.1, 0.15) is 18.7 Å². The van der Waals surface area contributed by atoms with E-state index in [9.17, 15) is 9.59 Å². The van der Waals surface area contributed by atoms with E-state index in [1.165, 1.54) is 0 Å². The summed E-state index contributed by atoms with van der Waals surface area (Å²) >= 11 is 0. The molecule has 1 saturated heterocycles. The second-order valence-corrected chi connectivity index (χ2v) is 5.16. The summed E-state index contributed by atoms with van der Waals surface area (Å²) in [6.45, 7) is 2.11. The topological polar surface area (TPSA) is 92.6 Å². The molecule has 0 saturated carbocycles. The molecule has 1 aliphatic rings. The number of fused-ring (bicyclic) bond motifs is 1. The van der Waals surface area contributed by atoms with Crippen molar-refractivity contribution in [3.05, 3.63) is 30.0 Å². The number of furan rings is 1. The largest absolute Gasteiger partial charge is 0.493 e. The van der Waals surface area contributed by atoms with Crippen molar-refractivity contribution in [3.8, 4) is 5.75 Å². The summed E-state index contributed by atoms with van der Waals surface area (Å²) in [6, 6.07) is 6.27. The number of methoxy groups -OCH3 is 1. The first kappa shape index (κ1) is 14.2. The number of benzene rings is 1. The SMILES string of the molecule is COc1cccc2cc([C@@H](C)NC(=O)[C@@H]3CNC(=O)N3)oc12. The molecular weight excluding hydrogens is 286 g/mol. The van der Waals surface area contributed by atoms with Gasteiger partial charge >= 0.3 is 6.03 Å². The minimum absolute atomic E-state index is 0.252. The Kier molecular flexibility index (Phi) is 3.62. The van der Waals surface area contributed by atoms with Gasteiger partial charge in [-0.2, -0.15) is 0 Å². The zero-order chi connectivity index (χ0) is 15.7. The normalized spacial score (nSPS) is 18.6. The lowest BCUT2D eigenvalue weighted by atomic mass is 10.2. The van der Waals surface area contributed by atoms with Gasteiger partial charge in [0, 0.05) is 11.9 Å². The van der Waals surface area contributed by atoms with Crippen LogP contribution >= 0.6 is 0 Å². The molecule has 0 aliphatic carbocycles. The molecule has 2 aromatic rings. The first-order valence-corrected chi connectivity index (χ1v) is 6.99. The summed E-state index contributed by atoms with van der Waals surface area (Å²) in [5.74, 6) is 1.03. The Labute approximate surface area is 127 Å². The number of urea groups is 1. The lowest BCUT2D eigenvalue weighted by molar-refractivity contribution is -0.123. The molecule has 1 aromatic carbocycles. The monoisotopic (exact) mass is 303 g/mol. The number of nitrogens with one attached hydrogen (secondary N) is 3. The smallest absolute Gasteiger partial charge is 0.315 e. The lowest BCUT2D eigenvalue weighted by Crippen LogP contribution is -2.43. The van der Waals surface area contributed by atoms with Gasteiger partial charge in [-0.25, -0.2) is 4.79 Å². The van der Waals surface area contributed by atoms with Crippen LogP contribution in [-0.4, -0.2) is 31.6 Å². The predicted octanol–water partition coefficient (Wildman–Crippen LogP) is 1.30. The van der Waals surface area contributed by atoms with E-state index in [1.54, 1.807) is 7.11 Å². The van der Waals surface area contributed by atoms with Crippen LogP contribution in [-0.2, 0) is 4.79 Å². The number of rotatable bonds is 4. The van der Waals surface area contributed by atoms with Crippen molar-refractivity contribution >= 4 is 22.9 Å². The van der Waals surface area contributed by atoms with E-state index in [0.29, 0.717) is 17.1 Å². The van der Waals surface area contributed by atoms with E-state index >= 15 is 0 Å². The molecule has 1 fully saturated rings. The molecule has 7 heteroatoms. The van der Waals surface area contributed by atoms with Gasteiger partial charge in [0.15, 0.2) is 11.3 Å². The van der Waals surface area contributed by atoms with Gasteiger partial charge in [0.05, 0.1) is 13.2 Å². The standard InChI is InChI=1S/C15H17N3O4/c1-8(17-14(19)10-7-16-15(20)18-10)12-6-9-4-3-5-11(21-2)13(9)22-12/h3-6,8,10H,7H2,1-2H3,(H,17,19)(H2,16,18,20)/t8-,10+/m1/s1. The average Bonchev–Trinajstić information content (AvgIpc) is 3.12. The summed E-state index contributed by atoms with van der Waals surface area (Å²) in [5.41, 5.74) is 0.650. The Balaban J connectivity index is 1.76. The molecule has 3 amide bonds. The van der Waals surface area contributed by atoms with Crippen molar-refractivity contribution in [3.63, 3.8) is 0 Å². The van der Waals surface area contributed by atoms with Crippen molar-refractivity contribution in [1.82, 2.24) is 16.0 Å². The molecule has 7 nitrogen and oxygen atoms in total. The summed E-state index contributed by atoms with van der Waals surface area (Å²) in [7, 11) is 1.58. The lowest BCUT2D eigenvalue weighted by Gasteiger charge is -2.14. The maximum absolute atomic E-state index is 12.1. The molecule has 3 rings (SSSR count). The molecule has 22 heavy (non-hydrogen) atoms. The van der Waals surface area contributed by atoms with Gasteiger partial charge in [0.1, 0.15) is 11.8 Å². The minimum atomic E-state index is -0.561. The fraction of sp³-hybridized carbons (Fsp3) is 0.333.